The molecule has 21 heavy (non-hydrogen) atoms. The lowest BCUT2D eigenvalue weighted by Gasteiger charge is -2.23. The third kappa shape index (κ3) is 3.65. The predicted octanol–water partition coefficient (Wildman–Crippen LogP) is 2.28. The van der Waals surface area contributed by atoms with Crippen LogP contribution in [0.5, 0.6) is 0 Å². The molecule has 0 aliphatic carbocycles. The first-order valence-electron chi connectivity index (χ1n) is 6.84. The molecule has 112 valence electrons. The third-order valence-electron chi connectivity index (χ3n) is 3.11. The highest BCUT2D eigenvalue weighted by Crippen LogP contribution is 2.25. The van der Waals surface area contributed by atoms with Crippen LogP contribution < -0.4 is 4.90 Å². The standard InChI is InChI=1S/C15H21N5O/c1-15(2,3)7-14(21)19(4)13-6-12(18-20(13)5)11-8-16-10-17-9-11/h6,8-10H,7H2,1-5H3. The molecule has 2 aromatic heterocycles. The van der Waals surface area contributed by atoms with Crippen molar-refractivity contribution in [3.8, 4) is 11.3 Å². The fraction of sp³-hybridized carbons (Fsp3) is 0.467. The molecule has 6 nitrogen and oxygen atoms in total. The van der Waals surface area contributed by atoms with Gasteiger partial charge in [-0.05, 0) is 5.41 Å². The molecule has 0 aliphatic rings. The van der Waals surface area contributed by atoms with Crippen LogP contribution in [0.15, 0.2) is 24.8 Å². The van der Waals surface area contributed by atoms with Gasteiger partial charge >= 0.3 is 0 Å². The summed E-state index contributed by atoms with van der Waals surface area (Å²) in [6, 6.07) is 1.87. The van der Waals surface area contributed by atoms with E-state index in [1.165, 1.54) is 6.33 Å². The number of hydrogen-bond donors (Lipinski definition) is 0. The van der Waals surface area contributed by atoms with Gasteiger partial charge in [0.2, 0.25) is 5.91 Å². The number of carbonyl (C=O) groups is 1. The fourth-order valence-electron chi connectivity index (χ4n) is 2.04. The Balaban J connectivity index is 2.25. The van der Waals surface area contributed by atoms with Crippen molar-refractivity contribution in [1.82, 2.24) is 19.7 Å². The van der Waals surface area contributed by atoms with Crippen LogP contribution in [-0.2, 0) is 11.8 Å². The maximum atomic E-state index is 12.3. The highest BCUT2D eigenvalue weighted by Gasteiger charge is 2.22. The van der Waals surface area contributed by atoms with Gasteiger partial charge in [0.15, 0.2) is 0 Å². The number of hydrogen-bond acceptors (Lipinski definition) is 4. The molecule has 2 aromatic rings. The molecule has 0 saturated heterocycles. The molecule has 1 amide bonds. The Morgan fingerprint density at radius 2 is 1.90 bits per heavy atom. The van der Waals surface area contributed by atoms with E-state index in [1.807, 2.05) is 13.1 Å². The van der Waals surface area contributed by atoms with Gasteiger partial charge in [-0.25, -0.2) is 9.97 Å². The Bertz CT molecular complexity index is 627. The largest absolute Gasteiger partial charge is 0.300 e. The Labute approximate surface area is 124 Å². The summed E-state index contributed by atoms with van der Waals surface area (Å²) in [5.41, 5.74) is 1.54. The van der Waals surface area contributed by atoms with E-state index in [4.69, 9.17) is 0 Å². The smallest absolute Gasteiger partial charge is 0.228 e. The van der Waals surface area contributed by atoms with Crippen LogP contribution in [0, 0.1) is 5.41 Å². The summed E-state index contributed by atoms with van der Waals surface area (Å²) >= 11 is 0. The van der Waals surface area contributed by atoms with Gasteiger partial charge in [-0.3, -0.25) is 9.48 Å². The average molecular weight is 287 g/mol. The summed E-state index contributed by atoms with van der Waals surface area (Å²) in [4.78, 5) is 21.9. The third-order valence-corrected chi connectivity index (χ3v) is 3.11. The molecule has 0 N–H and O–H groups in total. The number of nitrogens with zero attached hydrogens (tertiary/aromatic N) is 5. The van der Waals surface area contributed by atoms with Gasteiger partial charge in [-0.15, -0.1) is 0 Å². The Morgan fingerprint density at radius 3 is 2.48 bits per heavy atom. The highest BCUT2D eigenvalue weighted by atomic mass is 16.2. The second-order valence-electron chi connectivity index (χ2n) is 6.33. The minimum Gasteiger partial charge on any atom is -0.300 e. The van der Waals surface area contributed by atoms with Crippen molar-refractivity contribution < 1.29 is 4.79 Å². The topological polar surface area (TPSA) is 63.9 Å². The van der Waals surface area contributed by atoms with E-state index in [-0.39, 0.29) is 11.3 Å². The van der Waals surface area contributed by atoms with Crippen molar-refractivity contribution in [2.75, 3.05) is 11.9 Å². The summed E-state index contributed by atoms with van der Waals surface area (Å²) in [6.45, 7) is 6.15. The second kappa shape index (κ2) is 5.63. The molecule has 0 aliphatic heterocycles. The maximum Gasteiger partial charge on any atom is 0.228 e. The number of aryl methyl sites for hydroxylation is 1. The summed E-state index contributed by atoms with van der Waals surface area (Å²) in [5.74, 6) is 0.824. The number of carbonyl (C=O) groups excluding carboxylic acids is 1. The van der Waals surface area contributed by atoms with Crippen LogP contribution >= 0.6 is 0 Å². The van der Waals surface area contributed by atoms with Crippen molar-refractivity contribution >= 4 is 11.7 Å². The van der Waals surface area contributed by atoms with Crippen molar-refractivity contribution in [3.63, 3.8) is 0 Å². The van der Waals surface area contributed by atoms with Gasteiger partial charge in [0.1, 0.15) is 12.1 Å². The molecule has 0 spiro atoms. The maximum absolute atomic E-state index is 12.3. The number of anilines is 1. The second-order valence-corrected chi connectivity index (χ2v) is 6.33. The van der Waals surface area contributed by atoms with E-state index in [2.05, 4.69) is 35.8 Å². The lowest BCUT2D eigenvalue weighted by molar-refractivity contribution is -0.120. The quantitative estimate of drug-likeness (QED) is 0.868. The molecule has 0 aromatic carbocycles. The molecular formula is C15H21N5O. The SMILES string of the molecule is CN(C(=O)CC(C)(C)C)c1cc(-c2cncnc2)nn1C. The molecular weight excluding hydrogens is 266 g/mol. The zero-order valence-corrected chi connectivity index (χ0v) is 13.2. The van der Waals surface area contributed by atoms with Gasteiger partial charge in [0.25, 0.3) is 0 Å². The fourth-order valence-corrected chi connectivity index (χ4v) is 2.04. The van der Waals surface area contributed by atoms with Crippen molar-refractivity contribution in [2.45, 2.75) is 27.2 Å². The molecule has 0 fully saturated rings. The minimum absolute atomic E-state index is 0.0416. The molecule has 0 atom stereocenters. The highest BCUT2D eigenvalue weighted by molar-refractivity contribution is 5.92. The van der Waals surface area contributed by atoms with Gasteiger partial charge in [-0.2, -0.15) is 5.10 Å². The zero-order valence-electron chi connectivity index (χ0n) is 13.2. The van der Waals surface area contributed by atoms with E-state index in [0.717, 1.165) is 17.1 Å². The first kappa shape index (κ1) is 15.2. The Kier molecular flexibility index (Phi) is 4.06. The van der Waals surface area contributed by atoms with Crippen molar-refractivity contribution in [2.24, 2.45) is 12.5 Å². The van der Waals surface area contributed by atoms with Crippen LogP contribution in [0.3, 0.4) is 0 Å². The predicted molar refractivity (Wildman–Crippen MR) is 81.7 cm³/mol. The van der Waals surface area contributed by atoms with Crippen molar-refractivity contribution in [1.29, 1.82) is 0 Å². The first-order chi connectivity index (χ1) is 9.78. The van der Waals surface area contributed by atoms with E-state index >= 15 is 0 Å². The summed E-state index contributed by atoms with van der Waals surface area (Å²) in [6.07, 6.45) is 5.37. The number of aromatic nitrogens is 4. The lowest BCUT2D eigenvalue weighted by atomic mass is 9.92. The van der Waals surface area contributed by atoms with Crippen molar-refractivity contribution in [3.05, 3.63) is 24.8 Å². The molecule has 0 radical (unpaired) electrons. The molecule has 6 heteroatoms. The van der Waals surface area contributed by atoms with Gasteiger partial charge in [-0.1, -0.05) is 20.8 Å². The summed E-state index contributed by atoms with van der Waals surface area (Å²) in [5, 5.41) is 4.42. The molecule has 2 heterocycles. The number of amides is 1. The van der Waals surface area contributed by atoms with Crippen LogP contribution in [0.2, 0.25) is 0 Å². The summed E-state index contributed by atoms with van der Waals surface area (Å²) in [7, 11) is 3.60. The van der Waals surface area contributed by atoms with Crippen LogP contribution in [0.4, 0.5) is 5.82 Å². The Morgan fingerprint density at radius 1 is 1.29 bits per heavy atom. The molecule has 0 unspecified atom stereocenters. The van der Waals surface area contributed by atoms with Gasteiger partial charge < -0.3 is 4.90 Å². The van der Waals surface area contributed by atoms with Gasteiger partial charge in [0.05, 0.1) is 5.69 Å². The van der Waals surface area contributed by atoms with E-state index in [0.29, 0.717) is 6.42 Å². The Hall–Kier alpha value is -2.24. The molecule has 0 saturated carbocycles. The van der Waals surface area contributed by atoms with Gasteiger partial charge in [0, 0.05) is 44.5 Å². The average Bonchev–Trinajstić information content (AvgIpc) is 2.79. The zero-order chi connectivity index (χ0) is 15.6. The van der Waals surface area contributed by atoms with E-state index in [9.17, 15) is 4.79 Å². The minimum atomic E-state index is -0.0416. The van der Waals surface area contributed by atoms with Crippen LogP contribution in [0.25, 0.3) is 11.3 Å². The molecule has 0 bridgehead atoms. The summed E-state index contributed by atoms with van der Waals surface area (Å²) < 4.78 is 1.70. The molecule has 2 rings (SSSR count). The monoisotopic (exact) mass is 287 g/mol. The van der Waals surface area contributed by atoms with E-state index in [1.54, 1.807) is 29.0 Å². The van der Waals surface area contributed by atoms with Crippen LogP contribution in [-0.4, -0.2) is 32.7 Å². The number of rotatable bonds is 3. The normalized spacial score (nSPS) is 11.5. The van der Waals surface area contributed by atoms with Crippen LogP contribution in [0.1, 0.15) is 27.2 Å². The van der Waals surface area contributed by atoms with E-state index < -0.39 is 0 Å². The first-order valence-corrected chi connectivity index (χ1v) is 6.84. The lowest BCUT2D eigenvalue weighted by Crippen LogP contribution is -2.31.